The van der Waals surface area contributed by atoms with Gasteiger partial charge in [0, 0.05) is 6.26 Å². The van der Waals surface area contributed by atoms with E-state index >= 15 is 0 Å². The van der Waals surface area contributed by atoms with E-state index in [1.54, 1.807) is 20.8 Å². The van der Waals surface area contributed by atoms with Crippen LogP contribution in [-0.4, -0.2) is 44.1 Å². The lowest BCUT2D eigenvalue weighted by molar-refractivity contribution is -0.120. The number of carbonyl (C=O) groups is 2. The Bertz CT molecular complexity index is 410. The Kier molecular flexibility index (Phi) is 5.59. The molecule has 18 heavy (non-hydrogen) atoms. The van der Waals surface area contributed by atoms with Crippen LogP contribution in [0.2, 0.25) is 0 Å². The highest BCUT2D eigenvalue weighted by atomic mass is 32.2. The zero-order valence-corrected chi connectivity index (χ0v) is 11.8. The van der Waals surface area contributed by atoms with Gasteiger partial charge < -0.3 is 15.8 Å². The third-order valence-corrected chi connectivity index (χ3v) is 2.79. The molecule has 0 saturated carbocycles. The van der Waals surface area contributed by atoms with Crippen molar-refractivity contribution in [1.82, 2.24) is 5.32 Å². The van der Waals surface area contributed by atoms with Crippen molar-refractivity contribution in [2.24, 2.45) is 5.73 Å². The summed E-state index contributed by atoms with van der Waals surface area (Å²) < 4.78 is 26.9. The van der Waals surface area contributed by atoms with Gasteiger partial charge >= 0.3 is 6.09 Å². The molecule has 0 aliphatic rings. The smallest absolute Gasteiger partial charge is 0.408 e. The van der Waals surface area contributed by atoms with Gasteiger partial charge in [-0.3, -0.25) is 4.79 Å². The molecular weight excluding hydrogens is 260 g/mol. The van der Waals surface area contributed by atoms with Gasteiger partial charge in [-0.15, -0.1) is 0 Å². The predicted molar refractivity (Wildman–Crippen MR) is 66.7 cm³/mol. The van der Waals surface area contributed by atoms with Crippen molar-refractivity contribution in [2.45, 2.75) is 38.8 Å². The number of primary amides is 1. The van der Waals surface area contributed by atoms with Crippen LogP contribution in [0.4, 0.5) is 4.79 Å². The molecule has 0 heterocycles. The van der Waals surface area contributed by atoms with Crippen molar-refractivity contribution < 1.29 is 22.7 Å². The van der Waals surface area contributed by atoms with E-state index in [0.29, 0.717) is 0 Å². The quantitative estimate of drug-likeness (QED) is 0.723. The number of hydrogen-bond acceptors (Lipinski definition) is 5. The topological polar surface area (TPSA) is 116 Å². The van der Waals surface area contributed by atoms with Crippen LogP contribution < -0.4 is 11.1 Å². The lowest BCUT2D eigenvalue weighted by atomic mass is 10.2. The molecule has 0 saturated heterocycles. The fourth-order valence-corrected chi connectivity index (χ4v) is 1.73. The van der Waals surface area contributed by atoms with Gasteiger partial charge in [-0.2, -0.15) is 0 Å². The van der Waals surface area contributed by atoms with Crippen LogP contribution in [0, 0.1) is 0 Å². The van der Waals surface area contributed by atoms with Crippen molar-refractivity contribution in [2.75, 3.05) is 12.0 Å². The summed E-state index contributed by atoms with van der Waals surface area (Å²) in [5.74, 6) is -1.04. The zero-order chi connectivity index (χ0) is 14.6. The average Bonchev–Trinajstić information content (AvgIpc) is 2.06. The van der Waals surface area contributed by atoms with Crippen molar-refractivity contribution in [3.8, 4) is 0 Å². The molecule has 0 rings (SSSR count). The second-order valence-electron chi connectivity index (χ2n) is 5.02. The largest absolute Gasteiger partial charge is 0.444 e. The Labute approximate surface area is 107 Å². The summed E-state index contributed by atoms with van der Waals surface area (Å²) in [6, 6.07) is -1.06. The Morgan fingerprint density at radius 3 is 2.17 bits per heavy atom. The van der Waals surface area contributed by atoms with E-state index < -0.39 is 33.5 Å². The summed E-state index contributed by atoms with van der Waals surface area (Å²) in [6.45, 7) is 5.01. The average molecular weight is 280 g/mol. The maximum absolute atomic E-state index is 11.4. The van der Waals surface area contributed by atoms with Crippen molar-refractivity contribution >= 4 is 21.8 Å². The molecule has 2 amide bonds. The third kappa shape index (κ3) is 8.80. The lowest BCUT2D eigenvalue weighted by Gasteiger charge is -2.22. The second kappa shape index (κ2) is 6.03. The minimum absolute atomic E-state index is 0.0760. The molecule has 1 atom stereocenters. The van der Waals surface area contributed by atoms with Crippen LogP contribution in [0.1, 0.15) is 27.2 Å². The van der Waals surface area contributed by atoms with Crippen LogP contribution in [-0.2, 0) is 19.4 Å². The molecule has 7 nitrogen and oxygen atoms in total. The molecule has 0 radical (unpaired) electrons. The van der Waals surface area contributed by atoms with Crippen molar-refractivity contribution in [1.29, 1.82) is 0 Å². The Morgan fingerprint density at radius 2 is 1.83 bits per heavy atom. The number of amides is 2. The standard InChI is InChI=1S/C10H20N2O5S/c1-10(2,3)17-9(14)12-7(8(11)13)5-6-18(4,15)16/h7H,5-6H2,1-4H3,(H2,11,13)(H,12,14)/t7-/m1/s1. The number of hydrogen-bond donors (Lipinski definition) is 2. The minimum Gasteiger partial charge on any atom is -0.444 e. The number of nitrogens with two attached hydrogens (primary N) is 1. The molecule has 3 N–H and O–H groups in total. The number of sulfone groups is 1. The SMILES string of the molecule is CC(C)(C)OC(=O)N[C@H](CCS(C)(=O)=O)C(N)=O. The summed E-state index contributed by atoms with van der Waals surface area (Å²) in [6.07, 6.45) is 0.158. The second-order valence-corrected chi connectivity index (χ2v) is 7.28. The molecule has 0 aromatic heterocycles. The molecule has 0 fully saturated rings. The first kappa shape index (κ1) is 16.7. The number of nitrogens with one attached hydrogen (secondary N) is 1. The lowest BCUT2D eigenvalue weighted by Crippen LogP contribution is -2.47. The van der Waals surface area contributed by atoms with Gasteiger partial charge in [0.1, 0.15) is 21.5 Å². The fraction of sp³-hybridized carbons (Fsp3) is 0.800. The van der Waals surface area contributed by atoms with E-state index in [1.165, 1.54) is 0 Å². The number of rotatable bonds is 5. The first-order chi connectivity index (χ1) is 7.91. The van der Waals surface area contributed by atoms with E-state index in [1.807, 2.05) is 0 Å². The monoisotopic (exact) mass is 280 g/mol. The molecule has 8 heteroatoms. The molecule has 0 aliphatic heterocycles. The fourth-order valence-electron chi connectivity index (χ4n) is 1.07. The molecule has 0 bridgehead atoms. The van der Waals surface area contributed by atoms with Gasteiger partial charge in [0.05, 0.1) is 5.75 Å². The van der Waals surface area contributed by atoms with Crippen LogP contribution in [0.3, 0.4) is 0 Å². The molecule has 0 aromatic carbocycles. The van der Waals surface area contributed by atoms with E-state index in [4.69, 9.17) is 10.5 Å². The molecular formula is C10H20N2O5S. The summed E-state index contributed by atoms with van der Waals surface area (Å²) in [5.41, 5.74) is 4.37. The summed E-state index contributed by atoms with van der Waals surface area (Å²) in [7, 11) is -3.22. The van der Waals surface area contributed by atoms with Gasteiger partial charge in [0.15, 0.2) is 0 Å². The molecule has 106 valence electrons. The Hall–Kier alpha value is -1.31. The van der Waals surface area contributed by atoms with E-state index in [2.05, 4.69) is 5.32 Å². The summed E-state index contributed by atoms with van der Waals surface area (Å²) in [5, 5.41) is 2.25. The summed E-state index contributed by atoms with van der Waals surface area (Å²) in [4.78, 5) is 22.5. The van der Waals surface area contributed by atoms with Crippen LogP contribution in [0.15, 0.2) is 0 Å². The highest BCUT2D eigenvalue weighted by molar-refractivity contribution is 7.90. The van der Waals surface area contributed by atoms with Gasteiger partial charge in [-0.05, 0) is 27.2 Å². The number of alkyl carbamates (subject to hydrolysis) is 1. The molecule has 0 aliphatic carbocycles. The summed E-state index contributed by atoms with van der Waals surface area (Å²) >= 11 is 0. The van der Waals surface area contributed by atoms with Gasteiger partial charge in [0.2, 0.25) is 5.91 Å². The predicted octanol–water partition coefficient (Wildman–Crippen LogP) is -0.200. The third-order valence-electron chi connectivity index (χ3n) is 1.81. The first-order valence-electron chi connectivity index (χ1n) is 5.37. The number of ether oxygens (including phenoxy) is 1. The zero-order valence-electron chi connectivity index (χ0n) is 11.0. The van der Waals surface area contributed by atoms with Crippen LogP contribution in [0.5, 0.6) is 0 Å². The molecule has 0 unspecified atom stereocenters. The molecule has 0 spiro atoms. The maximum Gasteiger partial charge on any atom is 0.408 e. The van der Waals surface area contributed by atoms with Crippen molar-refractivity contribution in [3.63, 3.8) is 0 Å². The minimum atomic E-state index is -3.22. The Morgan fingerprint density at radius 1 is 1.33 bits per heavy atom. The first-order valence-corrected chi connectivity index (χ1v) is 7.43. The van der Waals surface area contributed by atoms with Gasteiger partial charge in [-0.1, -0.05) is 0 Å². The van der Waals surface area contributed by atoms with Gasteiger partial charge in [0.25, 0.3) is 0 Å². The van der Waals surface area contributed by atoms with Crippen molar-refractivity contribution in [3.05, 3.63) is 0 Å². The van der Waals surface area contributed by atoms with Gasteiger partial charge in [-0.25, -0.2) is 13.2 Å². The maximum atomic E-state index is 11.4. The van der Waals surface area contributed by atoms with E-state index in [-0.39, 0.29) is 12.2 Å². The highest BCUT2D eigenvalue weighted by Crippen LogP contribution is 2.07. The van der Waals surface area contributed by atoms with Crippen LogP contribution in [0.25, 0.3) is 0 Å². The van der Waals surface area contributed by atoms with E-state index in [0.717, 1.165) is 6.26 Å². The highest BCUT2D eigenvalue weighted by Gasteiger charge is 2.23. The van der Waals surface area contributed by atoms with Crippen LogP contribution >= 0.6 is 0 Å². The Balaban J connectivity index is 4.46. The number of carbonyl (C=O) groups excluding carboxylic acids is 2. The molecule has 0 aromatic rings. The normalized spacial score (nSPS) is 13.8. The van der Waals surface area contributed by atoms with E-state index in [9.17, 15) is 18.0 Å².